The molecule has 0 spiro atoms. The minimum absolute atomic E-state index is 0.325. The van der Waals surface area contributed by atoms with Gasteiger partial charge in [-0.05, 0) is 36.6 Å². The molecule has 0 heterocycles. The van der Waals surface area contributed by atoms with Crippen molar-refractivity contribution in [1.29, 1.82) is 0 Å². The van der Waals surface area contributed by atoms with E-state index in [1.54, 1.807) is 0 Å². The number of hydrogen-bond donors (Lipinski definition) is 1. The molecule has 0 aliphatic heterocycles. The molecule has 0 aliphatic rings. The zero-order chi connectivity index (χ0) is 14.4. The van der Waals surface area contributed by atoms with E-state index in [9.17, 15) is 0 Å². The molecule has 0 saturated carbocycles. The lowest BCUT2D eigenvalue weighted by Gasteiger charge is -2.32. The van der Waals surface area contributed by atoms with Crippen molar-refractivity contribution < 1.29 is 0 Å². The number of aryl methyl sites for hydroxylation is 1. The van der Waals surface area contributed by atoms with Gasteiger partial charge in [0.2, 0.25) is 0 Å². The van der Waals surface area contributed by atoms with Crippen molar-refractivity contribution in [2.45, 2.75) is 40.2 Å². The zero-order valence-electron chi connectivity index (χ0n) is 12.6. The Bertz CT molecular complexity index is 392. The van der Waals surface area contributed by atoms with E-state index in [4.69, 9.17) is 5.73 Å². The van der Waals surface area contributed by atoms with E-state index in [1.807, 2.05) is 0 Å². The number of halogens is 1. The van der Waals surface area contributed by atoms with Gasteiger partial charge in [-0.3, -0.25) is 4.90 Å². The summed E-state index contributed by atoms with van der Waals surface area (Å²) in [6.45, 7) is 11.7. The lowest BCUT2D eigenvalue weighted by atomic mass is 10.0. The van der Waals surface area contributed by atoms with E-state index in [0.29, 0.717) is 18.5 Å². The number of benzene rings is 1. The van der Waals surface area contributed by atoms with Crippen molar-refractivity contribution in [3.63, 3.8) is 0 Å². The van der Waals surface area contributed by atoms with Crippen molar-refractivity contribution in [1.82, 2.24) is 4.90 Å². The van der Waals surface area contributed by atoms with Crippen LogP contribution in [0, 0.1) is 12.8 Å². The summed E-state index contributed by atoms with van der Waals surface area (Å²) in [5.74, 6) is 0.713. The maximum atomic E-state index is 6.03. The van der Waals surface area contributed by atoms with Gasteiger partial charge in [0.05, 0.1) is 0 Å². The smallest absolute Gasteiger partial charge is 0.0470 e. The Morgan fingerprint density at radius 3 is 2.47 bits per heavy atom. The molecule has 0 aromatic heterocycles. The summed E-state index contributed by atoms with van der Waals surface area (Å²) in [4.78, 5) is 2.50. The Kier molecular flexibility index (Phi) is 7.05. The van der Waals surface area contributed by atoms with Gasteiger partial charge >= 0.3 is 0 Å². The van der Waals surface area contributed by atoms with Gasteiger partial charge in [0.25, 0.3) is 0 Å². The van der Waals surface area contributed by atoms with E-state index < -0.39 is 0 Å². The summed E-state index contributed by atoms with van der Waals surface area (Å²) in [6.07, 6.45) is 1.22. The van der Waals surface area contributed by atoms with Gasteiger partial charge in [0, 0.05) is 23.6 Å². The van der Waals surface area contributed by atoms with Crippen LogP contribution in [0.15, 0.2) is 22.7 Å². The number of hydrogen-bond acceptors (Lipinski definition) is 2. The molecule has 0 saturated heterocycles. The third-order valence-corrected chi connectivity index (χ3v) is 4.77. The Morgan fingerprint density at radius 1 is 1.32 bits per heavy atom. The Labute approximate surface area is 126 Å². The first kappa shape index (κ1) is 16.7. The van der Waals surface area contributed by atoms with E-state index >= 15 is 0 Å². The first-order valence-electron chi connectivity index (χ1n) is 7.23. The van der Waals surface area contributed by atoms with Crippen LogP contribution in [0.25, 0.3) is 0 Å². The van der Waals surface area contributed by atoms with Crippen LogP contribution in [-0.2, 0) is 0 Å². The average Bonchev–Trinajstić information content (AvgIpc) is 2.41. The van der Waals surface area contributed by atoms with Crippen LogP contribution in [0.5, 0.6) is 0 Å². The van der Waals surface area contributed by atoms with Crippen molar-refractivity contribution >= 4 is 15.9 Å². The summed E-state index contributed by atoms with van der Waals surface area (Å²) in [7, 11) is 0. The molecule has 2 nitrogen and oxygen atoms in total. The molecule has 0 bridgehead atoms. The lowest BCUT2D eigenvalue weighted by molar-refractivity contribution is 0.182. The van der Waals surface area contributed by atoms with Gasteiger partial charge in [0.1, 0.15) is 0 Å². The quantitative estimate of drug-likeness (QED) is 0.816. The molecular weight excluding hydrogens is 300 g/mol. The molecule has 19 heavy (non-hydrogen) atoms. The third-order valence-electron chi connectivity index (χ3n) is 3.88. The second kappa shape index (κ2) is 8.03. The third kappa shape index (κ3) is 4.59. The SMILES string of the molecule is CCC(C)CN(CC)C(CN)c1ccc(Br)c(C)c1. The van der Waals surface area contributed by atoms with E-state index in [-0.39, 0.29) is 0 Å². The molecule has 1 aromatic carbocycles. The van der Waals surface area contributed by atoms with Crippen molar-refractivity contribution in [3.05, 3.63) is 33.8 Å². The van der Waals surface area contributed by atoms with Crippen LogP contribution in [0.1, 0.15) is 44.4 Å². The van der Waals surface area contributed by atoms with Gasteiger partial charge in [-0.25, -0.2) is 0 Å². The fourth-order valence-corrected chi connectivity index (χ4v) is 2.62. The summed E-state index contributed by atoms with van der Waals surface area (Å²) < 4.78 is 1.16. The molecule has 1 rings (SSSR count). The van der Waals surface area contributed by atoms with Gasteiger partial charge < -0.3 is 5.73 Å². The fourth-order valence-electron chi connectivity index (χ4n) is 2.38. The van der Waals surface area contributed by atoms with Crippen LogP contribution >= 0.6 is 15.9 Å². The van der Waals surface area contributed by atoms with Crippen LogP contribution in [0.3, 0.4) is 0 Å². The summed E-state index contributed by atoms with van der Waals surface area (Å²) in [5.41, 5.74) is 8.63. The highest BCUT2D eigenvalue weighted by atomic mass is 79.9. The van der Waals surface area contributed by atoms with E-state index in [1.165, 1.54) is 17.5 Å². The predicted molar refractivity (Wildman–Crippen MR) is 87.4 cm³/mol. The first-order valence-corrected chi connectivity index (χ1v) is 8.02. The van der Waals surface area contributed by atoms with E-state index in [0.717, 1.165) is 17.6 Å². The first-order chi connectivity index (χ1) is 9.03. The Hall–Kier alpha value is -0.380. The highest BCUT2D eigenvalue weighted by molar-refractivity contribution is 9.10. The molecule has 108 valence electrons. The average molecular weight is 327 g/mol. The van der Waals surface area contributed by atoms with Crippen molar-refractivity contribution in [2.24, 2.45) is 11.7 Å². The van der Waals surface area contributed by atoms with Crippen molar-refractivity contribution in [2.75, 3.05) is 19.6 Å². The van der Waals surface area contributed by atoms with Gasteiger partial charge in [-0.1, -0.05) is 55.3 Å². The van der Waals surface area contributed by atoms with E-state index in [2.05, 4.69) is 66.7 Å². The zero-order valence-corrected chi connectivity index (χ0v) is 14.2. The molecule has 0 aliphatic carbocycles. The van der Waals surface area contributed by atoms with Crippen LogP contribution in [-0.4, -0.2) is 24.5 Å². The predicted octanol–water partition coefficient (Wildman–Crippen LogP) is 4.13. The topological polar surface area (TPSA) is 29.3 Å². The van der Waals surface area contributed by atoms with Gasteiger partial charge in [-0.15, -0.1) is 0 Å². The molecular formula is C16H27BrN2. The molecule has 2 atom stereocenters. The van der Waals surface area contributed by atoms with Gasteiger partial charge in [0.15, 0.2) is 0 Å². The van der Waals surface area contributed by atoms with Crippen LogP contribution in [0.2, 0.25) is 0 Å². The van der Waals surface area contributed by atoms with Crippen LogP contribution < -0.4 is 5.73 Å². The number of nitrogens with zero attached hydrogens (tertiary/aromatic N) is 1. The second-order valence-corrected chi connectivity index (χ2v) is 6.22. The van der Waals surface area contributed by atoms with Crippen LogP contribution in [0.4, 0.5) is 0 Å². The minimum atomic E-state index is 0.325. The Morgan fingerprint density at radius 2 is 2.00 bits per heavy atom. The maximum absolute atomic E-state index is 6.03. The number of likely N-dealkylation sites (N-methyl/N-ethyl adjacent to an activating group) is 1. The number of rotatable bonds is 7. The summed E-state index contributed by atoms with van der Waals surface area (Å²) in [6, 6.07) is 6.89. The normalized spacial score (nSPS) is 14.7. The lowest BCUT2D eigenvalue weighted by Crippen LogP contribution is -2.36. The highest BCUT2D eigenvalue weighted by Gasteiger charge is 2.19. The molecule has 0 radical (unpaired) electrons. The number of nitrogens with two attached hydrogens (primary N) is 1. The molecule has 3 heteroatoms. The largest absolute Gasteiger partial charge is 0.329 e. The molecule has 0 fully saturated rings. The molecule has 2 N–H and O–H groups in total. The van der Waals surface area contributed by atoms with Crippen molar-refractivity contribution in [3.8, 4) is 0 Å². The highest BCUT2D eigenvalue weighted by Crippen LogP contribution is 2.25. The maximum Gasteiger partial charge on any atom is 0.0470 e. The summed E-state index contributed by atoms with van der Waals surface area (Å²) >= 11 is 3.56. The van der Waals surface area contributed by atoms with Gasteiger partial charge in [-0.2, -0.15) is 0 Å². The molecule has 2 unspecified atom stereocenters. The second-order valence-electron chi connectivity index (χ2n) is 5.36. The monoisotopic (exact) mass is 326 g/mol. The minimum Gasteiger partial charge on any atom is -0.329 e. The summed E-state index contributed by atoms with van der Waals surface area (Å²) in [5, 5.41) is 0. The Balaban J connectivity index is 2.93. The fraction of sp³-hybridized carbons (Fsp3) is 0.625. The molecule has 0 amide bonds. The standard InChI is InChI=1S/C16H27BrN2/c1-5-12(3)11-19(6-2)16(10-18)14-7-8-15(17)13(4)9-14/h7-9,12,16H,5-6,10-11,18H2,1-4H3. The molecule has 1 aromatic rings.